The van der Waals surface area contributed by atoms with Crippen LogP contribution in [0.2, 0.25) is 0 Å². The molecule has 0 saturated heterocycles. The number of halogens is 1. The molecular formula is C11H23Br. The molecule has 0 spiro atoms. The summed E-state index contributed by atoms with van der Waals surface area (Å²) in [6.45, 7) is 4.62. The Balaban J connectivity index is 2.82. The molecule has 0 radical (unpaired) electrons. The van der Waals surface area contributed by atoms with Gasteiger partial charge in [-0.1, -0.05) is 68.3 Å². The molecule has 0 rings (SSSR count). The van der Waals surface area contributed by atoms with E-state index in [-0.39, 0.29) is 0 Å². The normalized spacial score (nSPS) is 11.0. The van der Waals surface area contributed by atoms with Gasteiger partial charge < -0.3 is 0 Å². The molecule has 0 amide bonds. The maximum Gasteiger partial charge on any atom is 0.00313 e. The van der Waals surface area contributed by atoms with Gasteiger partial charge in [-0.3, -0.25) is 0 Å². The van der Waals surface area contributed by atoms with Gasteiger partial charge in [-0.05, 0) is 12.3 Å². The number of hydrogen-bond donors (Lipinski definition) is 0. The first-order valence-electron chi connectivity index (χ1n) is 5.33. The van der Waals surface area contributed by atoms with Crippen molar-refractivity contribution in [1.29, 1.82) is 0 Å². The molecule has 0 aliphatic heterocycles. The van der Waals surface area contributed by atoms with Crippen LogP contribution in [0.5, 0.6) is 0 Å². The van der Waals surface area contributed by atoms with Crippen molar-refractivity contribution in [2.24, 2.45) is 5.92 Å². The zero-order chi connectivity index (χ0) is 9.23. The molecule has 0 aliphatic carbocycles. The SMILES string of the molecule is CC(C)CCCCCCCCBr. The molecule has 12 heavy (non-hydrogen) atoms. The second kappa shape index (κ2) is 9.57. The Bertz CT molecular complexity index is 79.1. The summed E-state index contributed by atoms with van der Waals surface area (Å²) in [5.41, 5.74) is 0. The molecular weight excluding hydrogens is 212 g/mol. The minimum absolute atomic E-state index is 0.896. The summed E-state index contributed by atoms with van der Waals surface area (Å²) in [6, 6.07) is 0. The zero-order valence-corrected chi connectivity index (χ0v) is 10.2. The van der Waals surface area contributed by atoms with Crippen molar-refractivity contribution in [3.63, 3.8) is 0 Å². The highest BCUT2D eigenvalue weighted by Gasteiger charge is 1.94. The third-order valence-corrected chi connectivity index (χ3v) is 2.73. The van der Waals surface area contributed by atoms with E-state index in [1.54, 1.807) is 0 Å². The third-order valence-electron chi connectivity index (χ3n) is 2.17. The van der Waals surface area contributed by atoms with Crippen molar-refractivity contribution in [3.05, 3.63) is 0 Å². The third kappa shape index (κ3) is 10.5. The van der Waals surface area contributed by atoms with Crippen LogP contribution >= 0.6 is 15.9 Å². The minimum atomic E-state index is 0.896. The average Bonchev–Trinajstić information content (AvgIpc) is 2.02. The molecule has 0 atom stereocenters. The molecule has 0 fully saturated rings. The molecule has 0 aromatic heterocycles. The van der Waals surface area contributed by atoms with Crippen molar-refractivity contribution in [1.82, 2.24) is 0 Å². The Morgan fingerprint density at radius 3 is 1.83 bits per heavy atom. The summed E-state index contributed by atoms with van der Waals surface area (Å²) in [4.78, 5) is 0. The molecule has 0 unspecified atom stereocenters. The lowest BCUT2D eigenvalue weighted by molar-refractivity contribution is 0.514. The Morgan fingerprint density at radius 2 is 1.33 bits per heavy atom. The fourth-order valence-electron chi connectivity index (χ4n) is 1.35. The van der Waals surface area contributed by atoms with E-state index >= 15 is 0 Å². The highest BCUT2D eigenvalue weighted by atomic mass is 79.9. The molecule has 0 aromatic rings. The Morgan fingerprint density at radius 1 is 0.833 bits per heavy atom. The predicted molar refractivity (Wildman–Crippen MR) is 61.0 cm³/mol. The quantitative estimate of drug-likeness (QED) is 0.420. The van der Waals surface area contributed by atoms with Crippen LogP contribution in [0.1, 0.15) is 58.8 Å². The van der Waals surface area contributed by atoms with E-state index < -0.39 is 0 Å². The summed E-state index contributed by atoms with van der Waals surface area (Å²) < 4.78 is 0. The summed E-state index contributed by atoms with van der Waals surface area (Å²) in [5, 5.41) is 1.18. The standard InChI is InChI=1S/C11H23Br/c1-11(2)9-7-5-3-4-6-8-10-12/h11H,3-10H2,1-2H3. The Hall–Kier alpha value is 0.480. The minimum Gasteiger partial charge on any atom is -0.0928 e. The van der Waals surface area contributed by atoms with Crippen molar-refractivity contribution < 1.29 is 0 Å². The smallest absolute Gasteiger partial charge is 0.00313 e. The summed E-state index contributed by atoms with van der Waals surface area (Å²) in [7, 11) is 0. The van der Waals surface area contributed by atoms with Gasteiger partial charge in [0.05, 0.1) is 0 Å². The lowest BCUT2D eigenvalue weighted by atomic mass is 10.0. The lowest BCUT2D eigenvalue weighted by Crippen LogP contribution is -1.87. The van der Waals surface area contributed by atoms with Gasteiger partial charge in [0.25, 0.3) is 0 Å². The van der Waals surface area contributed by atoms with Gasteiger partial charge in [0.15, 0.2) is 0 Å². The summed E-state index contributed by atoms with van der Waals surface area (Å²) in [6.07, 6.45) is 9.94. The first kappa shape index (κ1) is 12.5. The van der Waals surface area contributed by atoms with Gasteiger partial charge in [-0.15, -0.1) is 0 Å². The molecule has 0 aliphatic rings. The van der Waals surface area contributed by atoms with Crippen LogP contribution in [-0.2, 0) is 0 Å². The van der Waals surface area contributed by atoms with Crippen LogP contribution in [0.15, 0.2) is 0 Å². The van der Waals surface area contributed by atoms with Gasteiger partial charge in [0.2, 0.25) is 0 Å². The van der Waals surface area contributed by atoms with Gasteiger partial charge in [-0.2, -0.15) is 0 Å². The topological polar surface area (TPSA) is 0 Å². The maximum atomic E-state index is 3.45. The molecule has 1 heteroatoms. The number of hydrogen-bond acceptors (Lipinski definition) is 0. The van der Waals surface area contributed by atoms with Gasteiger partial charge in [-0.25, -0.2) is 0 Å². The number of unbranched alkanes of at least 4 members (excludes halogenated alkanes) is 5. The van der Waals surface area contributed by atoms with E-state index in [2.05, 4.69) is 29.8 Å². The van der Waals surface area contributed by atoms with Gasteiger partial charge in [0.1, 0.15) is 0 Å². The number of alkyl halides is 1. The summed E-state index contributed by atoms with van der Waals surface area (Å²) in [5.74, 6) is 0.896. The van der Waals surface area contributed by atoms with Crippen molar-refractivity contribution in [2.75, 3.05) is 5.33 Å². The van der Waals surface area contributed by atoms with Crippen LogP contribution in [0, 0.1) is 5.92 Å². The predicted octanol–water partition coefficient (Wildman–Crippen LogP) is 4.77. The van der Waals surface area contributed by atoms with E-state index in [4.69, 9.17) is 0 Å². The molecule has 0 saturated carbocycles. The van der Waals surface area contributed by atoms with Crippen LogP contribution < -0.4 is 0 Å². The molecule has 0 bridgehead atoms. The second-order valence-corrected chi connectivity index (χ2v) is 4.79. The molecule has 0 N–H and O–H groups in total. The van der Waals surface area contributed by atoms with E-state index in [9.17, 15) is 0 Å². The second-order valence-electron chi connectivity index (χ2n) is 3.99. The van der Waals surface area contributed by atoms with Gasteiger partial charge >= 0.3 is 0 Å². The Labute approximate surface area is 86.3 Å². The van der Waals surface area contributed by atoms with Crippen LogP contribution in [0.4, 0.5) is 0 Å². The molecule has 0 aromatic carbocycles. The first-order valence-corrected chi connectivity index (χ1v) is 6.45. The lowest BCUT2D eigenvalue weighted by Gasteiger charge is -2.03. The zero-order valence-electron chi connectivity index (χ0n) is 8.61. The number of rotatable bonds is 8. The largest absolute Gasteiger partial charge is 0.0928 e. The van der Waals surface area contributed by atoms with E-state index in [0.29, 0.717) is 0 Å². The fraction of sp³-hybridized carbons (Fsp3) is 1.00. The van der Waals surface area contributed by atoms with E-state index in [0.717, 1.165) is 5.92 Å². The van der Waals surface area contributed by atoms with Gasteiger partial charge in [0, 0.05) is 5.33 Å². The van der Waals surface area contributed by atoms with Crippen LogP contribution in [0.25, 0.3) is 0 Å². The van der Waals surface area contributed by atoms with Crippen molar-refractivity contribution in [2.45, 2.75) is 58.8 Å². The van der Waals surface area contributed by atoms with Crippen molar-refractivity contribution in [3.8, 4) is 0 Å². The average molecular weight is 235 g/mol. The molecule has 0 nitrogen and oxygen atoms in total. The first-order chi connectivity index (χ1) is 5.77. The molecule has 74 valence electrons. The fourth-order valence-corrected chi connectivity index (χ4v) is 1.75. The van der Waals surface area contributed by atoms with Crippen LogP contribution in [-0.4, -0.2) is 5.33 Å². The van der Waals surface area contributed by atoms with Crippen molar-refractivity contribution >= 4 is 15.9 Å². The van der Waals surface area contributed by atoms with Crippen LogP contribution in [0.3, 0.4) is 0 Å². The Kier molecular flexibility index (Phi) is 9.95. The summed E-state index contributed by atoms with van der Waals surface area (Å²) >= 11 is 3.45. The maximum absolute atomic E-state index is 3.45. The highest BCUT2D eigenvalue weighted by molar-refractivity contribution is 9.09. The highest BCUT2D eigenvalue weighted by Crippen LogP contribution is 2.11. The van der Waals surface area contributed by atoms with E-state index in [1.807, 2.05) is 0 Å². The van der Waals surface area contributed by atoms with E-state index in [1.165, 1.54) is 50.3 Å². The molecule has 0 heterocycles. The monoisotopic (exact) mass is 234 g/mol.